The van der Waals surface area contributed by atoms with E-state index in [-0.39, 0.29) is 40.0 Å². The van der Waals surface area contributed by atoms with Crippen LogP contribution in [0.5, 0.6) is 0 Å². The molecule has 0 bridgehead atoms. The largest absolute Gasteiger partial charge is 0.343 e. The second-order valence-corrected chi connectivity index (χ2v) is 15.4. The maximum atomic E-state index is 13.9. The zero-order valence-electron chi connectivity index (χ0n) is 23.6. The maximum Gasteiger partial charge on any atom is 0.251 e. The van der Waals surface area contributed by atoms with E-state index in [9.17, 15) is 14.4 Å². The van der Waals surface area contributed by atoms with Crippen LogP contribution >= 0.6 is 39.3 Å². The van der Waals surface area contributed by atoms with Gasteiger partial charge in [0.15, 0.2) is 0 Å². The quantitative estimate of drug-likeness (QED) is 0.345. The molecule has 2 N–H and O–H groups in total. The van der Waals surface area contributed by atoms with Gasteiger partial charge in [-0.15, -0.1) is 11.8 Å². The summed E-state index contributed by atoms with van der Waals surface area (Å²) in [6.07, 6.45) is 3.88. The van der Waals surface area contributed by atoms with E-state index in [1.807, 2.05) is 15.9 Å². The molecule has 0 saturated carbocycles. The number of nitrogens with one attached hydrogen (secondary N) is 2. The highest BCUT2D eigenvalue weighted by atomic mass is 79.9. The van der Waals surface area contributed by atoms with Gasteiger partial charge in [-0.05, 0) is 53.9 Å². The number of nitrogens with zero attached hydrogens (tertiary/aromatic N) is 3. The highest BCUT2D eigenvalue weighted by molar-refractivity contribution is 9.09. The van der Waals surface area contributed by atoms with E-state index in [2.05, 4.69) is 57.9 Å². The fourth-order valence-corrected chi connectivity index (χ4v) is 8.76. The van der Waals surface area contributed by atoms with Crippen molar-refractivity contribution in [2.75, 3.05) is 25.4 Å². The SMILES string of the molecule is CC(C)(C)CN1Cc2c(cc(Cl)c3[nH]ncc23)C[C@@H](CC(=O)N2CCC(c3cc4c([nH]c3=O)C(Br)CS4)CC2)C1=O. The van der Waals surface area contributed by atoms with Crippen molar-refractivity contribution < 1.29 is 9.59 Å². The number of likely N-dealkylation sites (tertiary alicyclic amines) is 1. The normalized spacial score (nSPS) is 21.7. The third kappa shape index (κ3) is 5.71. The van der Waals surface area contributed by atoms with Gasteiger partial charge in [0.2, 0.25) is 11.8 Å². The number of fused-ring (bicyclic) bond motifs is 4. The molecule has 3 aliphatic rings. The Balaban J connectivity index is 1.19. The molecule has 2 aromatic heterocycles. The predicted molar refractivity (Wildman–Crippen MR) is 166 cm³/mol. The molecule has 2 amide bonds. The number of aromatic amines is 2. The van der Waals surface area contributed by atoms with E-state index in [1.165, 1.54) is 0 Å². The van der Waals surface area contributed by atoms with Gasteiger partial charge >= 0.3 is 0 Å². The molecule has 0 radical (unpaired) electrons. The minimum atomic E-state index is -0.460. The smallest absolute Gasteiger partial charge is 0.251 e. The molecule has 2 atom stereocenters. The molecule has 6 rings (SSSR count). The number of pyridine rings is 1. The molecule has 0 aliphatic carbocycles. The summed E-state index contributed by atoms with van der Waals surface area (Å²) in [5.41, 5.74) is 4.51. The maximum absolute atomic E-state index is 13.9. The first kappa shape index (κ1) is 28.8. The summed E-state index contributed by atoms with van der Waals surface area (Å²) in [5.74, 6) is 0.587. The van der Waals surface area contributed by atoms with Gasteiger partial charge in [-0.25, -0.2) is 0 Å². The van der Waals surface area contributed by atoms with Crippen LogP contribution in [0.25, 0.3) is 10.9 Å². The van der Waals surface area contributed by atoms with Crippen molar-refractivity contribution in [1.82, 2.24) is 25.0 Å². The Labute approximate surface area is 257 Å². The molecule has 11 heteroatoms. The number of benzene rings is 1. The van der Waals surface area contributed by atoms with Gasteiger partial charge in [0, 0.05) is 59.9 Å². The molecule has 1 aromatic carbocycles. The van der Waals surface area contributed by atoms with Crippen LogP contribution in [0, 0.1) is 11.3 Å². The van der Waals surface area contributed by atoms with E-state index in [0.29, 0.717) is 37.6 Å². The Morgan fingerprint density at radius 1 is 1.22 bits per heavy atom. The Morgan fingerprint density at radius 2 is 1.98 bits per heavy atom. The van der Waals surface area contributed by atoms with E-state index in [4.69, 9.17) is 11.6 Å². The number of piperidine rings is 1. The molecular formula is C30H35BrClN5O3S. The van der Waals surface area contributed by atoms with Crippen LogP contribution in [0.1, 0.15) is 73.2 Å². The average Bonchev–Trinajstić information content (AvgIpc) is 3.53. The molecule has 1 fully saturated rings. The van der Waals surface area contributed by atoms with Crippen LogP contribution in [0.3, 0.4) is 0 Å². The Hall–Kier alpha value is -2.30. The van der Waals surface area contributed by atoms with Crippen LogP contribution in [0.4, 0.5) is 0 Å². The van der Waals surface area contributed by atoms with E-state index >= 15 is 0 Å². The molecule has 0 spiro atoms. The molecular weight excluding hydrogens is 626 g/mol. The lowest BCUT2D eigenvalue weighted by Gasteiger charge is -2.34. The summed E-state index contributed by atoms with van der Waals surface area (Å²) in [7, 11) is 0. The highest BCUT2D eigenvalue weighted by Crippen LogP contribution is 2.42. The minimum absolute atomic E-state index is 0.00278. The fourth-order valence-electron chi connectivity index (χ4n) is 6.52. The van der Waals surface area contributed by atoms with Crippen molar-refractivity contribution in [3.8, 4) is 0 Å². The van der Waals surface area contributed by atoms with Crippen molar-refractivity contribution in [2.45, 2.75) is 68.6 Å². The Kier molecular flexibility index (Phi) is 7.78. The van der Waals surface area contributed by atoms with Gasteiger partial charge in [0.1, 0.15) is 0 Å². The molecule has 1 saturated heterocycles. The van der Waals surface area contributed by atoms with Crippen LogP contribution in [0.2, 0.25) is 5.02 Å². The standard InChI is InChI=1S/C30H35BrClN5O3S/c1-30(2,3)15-37-13-21-17(9-23(32)26-20(21)12-33-35-26)8-18(29(37)40)10-25(38)36-6-4-16(5-7-36)19-11-24-27(34-28(19)39)22(31)14-41-24/h9,11-12,16,18,22H,4-8,10,13-15H2,1-3H3,(H,33,35)(H,34,39)/t18-,22?/m0/s1. The number of amides is 2. The van der Waals surface area contributed by atoms with Gasteiger partial charge in [0.05, 0.1) is 27.5 Å². The summed E-state index contributed by atoms with van der Waals surface area (Å²) < 4.78 is 0. The summed E-state index contributed by atoms with van der Waals surface area (Å²) in [4.78, 5) is 48.6. The van der Waals surface area contributed by atoms with Crippen molar-refractivity contribution >= 4 is 62.0 Å². The van der Waals surface area contributed by atoms with Crippen LogP contribution < -0.4 is 5.56 Å². The van der Waals surface area contributed by atoms with Gasteiger partial charge in [-0.2, -0.15) is 5.10 Å². The van der Waals surface area contributed by atoms with Crippen LogP contribution in [0.15, 0.2) is 28.0 Å². The highest BCUT2D eigenvalue weighted by Gasteiger charge is 2.36. The van der Waals surface area contributed by atoms with Crippen molar-refractivity contribution in [1.29, 1.82) is 0 Å². The van der Waals surface area contributed by atoms with E-state index in [0.717, 1.165) is 56.8 Å². The number of thioether (sulfide) groups is 1. The number of alkyl halides is 1. The molecule has 1 unspecified atom stereocenters. The number of H-pyrrole nitrogens is 2. The monoisotopic (exact) mass is 659 g/mol. The first-order valence-electron chi connectivity index (χ1n) is 14.2. The lowest BCUT2D eigenvalue weighted by Crippen LogP contribution is -2.43. The number of rotatable bonds is 4. The average molecular weight is 661 g/mol. The van der Waals surface area contributed by atoms with Gasteiger partial charge < -0.3 is 14.8 Å². The van der Waals surface area contributed by atoms with E-state index in [1.54, 1.807) is 18.0 Å². The van der Waals surface area contributed by atoms with Crippen LogP contribution in [-0.4, -0.2) is 62.2 Å². The lowest BCUT2D eigenvalue weighted by atomic mass is 9.89. The summed E-state index contributed by atoms with van der Waals surface area (Å²) in [6.45, 7) is 8.58. The topological polar surface area (TPSA) is 102 Å². The fraction of sp³-hybridized carbons (Fsp3) is 0.533. The number of hydrogen-bond acceptors (Lipinski definition) is 5. The second-order valence-electron chi connectivity index (χ2n) is 12.8. The Morgan fingerprint density at radius 3 is 2.71 bits per heavy atom. The van der Waals surface area contributed by atoms with Crippen molar-refractivity contribution in [3.05, 3.63) is 56.1 Å². The molecule has 3 aromatic rings. The number of aromatic nitrogens is 3. The van der Waals surface area contributed by atoms with Crippen molar-refractivity contribution in [3.63, 3.8) is 0 Å². The minimum Gasteiger partial charge on any atom is -0.343 e. The first-order valence-corrected chi connectivity index (χ1v) is 16.5. The summed E-state index contributed by atoms with van der Waals surface area (Å²) in [5, 5.41) is 8.69. The number of carbonyl (C=O) groups is 2. The lowest BCUT2D eigenvalue weighted by molar-refractivity contribution is -0.142. The molecule has 218 valence electrons. The second kappa shape index (κ2) is 11.1. The third-order valence-corrected chi connectivity index (χ3v) is 11.2. The zero-order chi connectivity index (χ0) is 29.1. The Bertz CT molecular complexity index is 1570. The molecule has 5 heterocycles. The van der Waals surface area contributed by atoms with Gasteiger partial charge in [0.25, 0.3) is 5.56 Å². The number of halogens is 2. The third-order valence-electron chi connectivity index (χ3n) is 8.50. The zero-order valence-corrected chi connectivity index (χ0v) is 26.7. The summed E-state index contributed by atoms with van der Waals surface area (Å²) in [6, 6.07) is 3.98. The summed E-state index contributed by atoms with van der Waals surface area (Å²) >= 11 is 12.0. The van der Waals surface area contributed by atoms with E-state index < -0.39 is 5.92 Å². The first-order chi connectivity index (χ1) is 19.5. The van der Waals surface area contributed by atoms with Gasteiger partial charge in [-0.3, -0.25) is 19.5 Å². The number of hydrogen-bond donors (Lipinski definition) is 2. The molecule has 41 heavy (non-hydrogen) atoms. The predicted octanol–water partition coefficient (Wildman–Crippen LogP) is 5.79. The van der Waals surface area contributed by atoms with Crippen LogP contribution in [-0.2, 0) is 22.6 Å². The molecule has 8 nitrogen and oxygen atoms in total. The number of carbonyl (C=O) groups excluding carboxylic acids is 2. The molecule has 3 aliphatic heterocycles. The van der Waals surface area contributed by atoms with Gasteiger partial charge in [-0.1, -0.05) is 48.3 Å². The van der Waals surface area contributed by atoms with Crippen molar-refractivity contribution in [2.24, 2.45) is 11.3 Å².